The van der Waals surface area contributed by atoms with Crippen LogP contribution in [0.4, 0.5) is 28.9 Å². The van der Waals surface area contributed by atoms with Gasteiger partial charge in [-0.3, -0.25) is 19.7 Å². The Hall–Kier alpha value is -3.70. The highest BCUT2D eigenvalue weighted by Crippen LogP contribution is 2.37. The highest BCUT2D eigenvalue weighted by Gasteiger charge is 2.35. The third-order valence-electron chi connectivity index (χ3n) is 5.66. The van der Waals surface area contributed by atoms with Crippen molar-refractivity contribution in [3.63, 3.8) is 0 Å². The lowest BCUT2D eigenvalue weighted by atomic mass is 9.96. The van der Waals surface area contributed by atoms with E-state index in [1.807, 2.05) is 0 Å². The first-order valence-electron chi connectivity index (χ1n) is 10.8. The third-order valence-corrected chi connectivity index (χ3v) is 5.66. The van der Waals surface area contributed by atoms with E-state index in [-0.39, 0.29) is 44.0 Å². The number of nitrogens with zero attached hydrogens (tertiary/aromatic N) is 2. The first-order chi connectivity index (χ1) is 16.5. The zero-order valence-corrected chi connectivity index (χ0v) is 18.5. The summed E-state index contributed by atoms with van der Waals surface area (Å²) >= 11 is 0. The predicted octanol–water partition coefficient (Wildman–Crippen LogP) is 3.87. The molecule has 1 heterocycles. The molecule has 1 fully saturated rings. The van der Waals surface area contributed by atoms with Gasteiger partial charge in [0.05, 0.1) is 16.4 Å². The standard InChI is InChI=1S/C23H23F4N3O5/c24-18-4-1-15(2-5-18)7-10-28-21(31)14-35-22(32)16-8-11-29(12-9-16)19-6-3-17(23(25,26)27)13-20(19)30(33)34/h1-6,13,16H,7-12,14H2,(H,28,31). The van der Waals surface area contributed by atoms with Crippen molar-refractivity contribution in [1.82, 2.24) is 5.32 Å². The van der Waals surface area contributed by atoms with E-state index in [0.717, 1.165) is 17.7 Å². The van der Waals surface area contributed by atoms with Crippen molar-refractivity contribution >= 4 is 23.3 Å². The number of carbonyl (C=O) groups excluding carboxylic acids is 2. The number of benzene rings is 2. The average Bonchev–Trinajstić information content (AvgIpc) is 2.83. The molecule has 2 aromatic rings. The van der Waals surface area contributed by atoms with Gasteiger partial charge in [0.25, 0.3) is 11.6 Å². The molecule has 1 saturated heterocycles. The van der Waals surface area contributed by atoms with Crippen LogP contribution in [0.5, 0.6) is 0 Å². The Morgan fingerprint density at radius 1 is 1.11 bits per heavy atom. The number of hydrogen-bond donors (Lipinski definition) is 1. The topological polar surface area (TPSA) is 102 Å². The summed E-state index contributed by atoms with van der Waals surface area (Å²) in [5, 5.41) is 13.9. The van der Waals surface area contributed by atoms with Crippen molar-refractivity contribution in [3.8, 4) is 0 Å². The van der Waals surface area contributed by atoms with Gasteiger partial charge in [-0.05, 0) is 49.1 Å². The average molecular weight is 497 g/mol. The second kappa shape index (κ2) is 11.2. The fourth-order valence-electron chi connectivity index (χ4n) is 3.77. The molecule has 12 heteroatoms. The van der Waals surface area contributed by atoms with E-state index >= 15 is 0 Å². The van der Waals surface area contributed by atoms with Crippen LogP contribution in [-0.4, -0.2) is 43.0 Å². The van der Waals surface area contributed by atoms with Crippen molar-refractivity contribution in [2.45, 2.75) is 25.4 Å². The molecule has 0 unspecified atom stereocenters. The number of nitro groups is 1. The summed E-state index contributed by atoms with van der Waals surface area (Å²) in [6.45, 7) is 0.227. The highest BCUT2D eigenvalue weighted by molar-refractivity contribution is 5.81. The van der Waals surface area contributed by atoms with Gasteiger partial charge in [0.15, 0.2) is 6.61 Å². The molecule has 1 aliphatic heterocycles. The number of carbonyl (C=O) groups is 2. The van der Waals surface area contributed by atoms with Crippen molar-refractivity contribution in [1.29, 1.82) is 0 Å². The Labute approximate surface area is 198 Å². The van der Waals surface area contributed by atoms with Gasteiger partial charge in [0.2, 0.25) is 0 Å². The summed E-state index contributed by atoms with van der Waals surface area (Å²) in [4.78, 5) is 36.2. The second-order valence-corrected chi connectivity index (χ2v) is 8.05. The number of amides is 1. The number of esters is 1. The zero-order valence-electron chi connectivity index (χ0n) is 18.5. The smallest absolute Gasteiger partial charge is 0.416 e. The molecule has 188 valence electrons. The van der Waals surface area contributed by atoms with Crippen LogP contribution >= 0.6 is 0 Å². The highest BCUT2D eigenvalue weighted by atomic mass is 19.4. The Bertz CT molecular complexity index is 1070. The molecule has 0 bridgehead atoms. The van der Waals surface area contributed by atoms with Gasteiger partial charge in [-0.2, -0.15) is 13.2 Å². The van der Waals surface area contributed by atoms with Gasteiger partial charge < -0.3 is 15.0 Å². The molecule has 0 atom stereocenters. The first kappa shape index (κ1) is 25.9. The number of anilines is 1. The number of nitro benzene ring substituents is 1. The van der Waals surface area contributed by atoms with Crippen LogP contribution in [0.15, 0.2) is 42.5 Å². The number of halogens is 4. The van der Waals surface area contributed by atoms with Crippen LogP contribution < -0.4 is 10.2 Å². The fourth-order valence-corrected chi connectivity index (χ4v) is 3.77. The minimum absolute atomic E-state index is 0.0512. The number of ether oxygens (including phenoxy) is 1. The molecule has 3 rings (SSSR count). The predicted molar refractivity (Wildman–Crippen MR) is 117 cm³/mol. The van der Waals surface area contributed by atoms with Crippen LogP contribution in [0.1, 0.15) is 24.0 Å². The Morgan fingerprint density at radius 3 is 2.37 bits per heavy atom. The first-order valence-corrected chi connectivity index (χ1v) is 10.8. The maximum absolute atomic E-state index is 12.9. The van der Waals surface area contributed by atoms with Gasteiger partial charge >= 0.3 is 12.1 Å². The van der Waals surface area contributed by atoms with Crippen LogP contribution in [0.2, 0.25) is 0 Å². The summed E-state index contributed by atoms with van der Waals surface area (Å²) < 4.78 is 56.7. The number of rotatable bonds is 8. The van der Waals surface area contributed by atoms with E-state index in [4.69, 9.17) is 4.74 Å². The molecule has 1 N–H and O–H groups in total. The van der Waals surface area contributed by atoms with E-state index in [1.54, 1.807) is 17.0 Å². The molecule has 0 aliphatic carbocycles. The van der Waals surface area contributed by atoms with E-state index in [0.29, 0.717) is 12.5 Å². The minimum atomic E-state index is -4.70. The Kier molecular flexibility index (Phi) is 8.26. The lowest BCUT2D eigenvalue weighted by Crippen LogP contribution is -2.38. The molecule has 35 heavy (non-hydrogen) atoms. The summed E-state index contributed by atoms with van der Waals surface area (Å²) in [6.07, 6.45) is -3.69. The SMILES string of the molecule is O=C(COC(=O)C1CCN(c2ccc(C(F)(F)F)cc2[N+](=O)[O-])CC1)NCCc1ccc(F)cc1. The number of piperidine rings is 1. The van der Waals surface area contributed by atoms with Crippen molar-refractivity contribution in [3.05, 3.63) is 69.5 Å². The van der Waals surface area contributed by atoms with Crippen molar-refractivity contribution in [2.24, 2.45) is 5.92 Å². The second-order valence-electron chi connectivity index (χ2n) is 8.05. The lowest BCUT2D eigenvalue weighted by Gasteiger charge is -2.32. The molecule has 8 nitrogen and oxygen atoms in total. The molecular formula is C23H23F4N3O5. The van der Waals surface area contributed by atoms with E-state index in [1.165, 1.54) is 12.1 Å². The van der Waals surface area contributed by atoms with Crippen LogP contribution in [0.3, 0.4) is 0 Å². The van der Waals surface area contributed by atoms with Crippen LogP contribution in [0.25, 0.3) is 0 Å². The lowest BCUT2D eigenvalue weighted by molar-refractivity contribution is -0.384. The minimum Gasteiger partial charge on any atom is -0.455 e. The number of alkyl halides is 3. The normalized spacial score (nSPS) is 14.5. The van der Waals surface area contributed by atoms with Gasteiger partial charge in [-0.15, -0.1) is 0 Å². The van der Waals surface area contributed by atoms with Gasteiger partial charge in [-0.25, -0.2) is 4.39 Å². The summed E-state index contributed by atoms with van der Waals surface area (Å²) in [6, 6.07) is 8.21. The molecule has 0 saturated carbocycles. The van der Waals surface area contributed by atoms with Crippen LogP contribution in [0, 0.1) is 21.8 Å². The van der Waals surface area contributed by atoms with Gasteiger partial charge in [-0.1, -0.05) is 12.1 Å². The monoisotopic (exact) mass is 497 g/mol. The number of hydrogen-bond acceptors (Lipinski definition) is 6. The maximum atomic E-state index is 12.9. The van der Waals surface area contributed by atoms with Crippen LogP contribution in [-0.2, 0) is 26.9 Å². The van der Waals surface area contributed by atoms with Crippen molar-refractivity contribution in [2.75, 3.05) is 31.1 Å². The zero-order chi connectivity index (χ0) is 25.6. The van der Waals surface area contributed by atoms with E-state index in [2.05, 4.69) is 5.32 Å². The van der Waals surface area contributed by atoms with Crippen molar-refractivity contribution < 1.29 is 36.8 Å². The molecule has 0 radical (unpaired) electrons. The number of nitrogens with one attached hydrogen (secondary N) is 1. The molecule has 2 aromatic carbocycles. The Morgan fingerprint density at radius 2 is 1.77 bits per heavy atom. The van der Waals surface area contributed by atoms with E-state index < -0.39 is 46.8 Å². The molecule has 1 aliphatic rings. The largest absolute Gasteiger partial charge is 0.455 e. The van der Waals surface area contributed by atoms with Gasteiger partial charge in [0.1, 0.15) is 11.5 Å². The summed E-state index contributed by atoms with van der Waals surface area (Å²) in [7, 11) is 0. The fraction of sp³-hybridized carbons (Fsp3) is 0.391. The molecule has 0 aromatic heterocycles. The molecule has 0 spiro atoms. The summed E-state index contributed by atoms with van der Waals surface area (Å²) in [5.41, 5.74) is -0.875. The molecular weight excluding hydrogens is 474 g/mol. The Balaban J connectivity index is 1.45. The quantitative estimate of drug-likeness (QED) is 0.257. The summed E-state index contributed by atoms with van der Waals surface area (Å²) in [5.74, 6) is -1.96. The maximum Gasteiger partial charge on any atom is 0.416 e. The third kappa shape index (κ3) is 7.14. The molecule has 1 amide bonds. The van der Waals surface area contributed by atoms with E-state index in [9.17, 15) is 37.3 Å². The van der Waals surface area contributed by atoms with Gasteiger partial charge in [0, 0.05) is 25.7 Å².